The van der Waals surface area contributed by atoms with Crippen molar-refractivity contribution in [2.24, 2.45) is 5.92 Å². The average molecular weight is 319 g/mol. The standard InChI is InChI=1S/C19H29NO3/c1-4-11-22-17-7-5-6-16(13-17)19(21)20-10-8-18(14-20)23-12-9-15(2)3/h5-7,13,15,18H,4,8-12,14H2,1-3H3. The van der Waals surface area contributed by atoms with Gasteiger partial charge >= 0.3 is 0 Å². The summed E-state index contributed by atoms with van der Waals surface area (Å²) < 4.78 is 11.5. The lowest BCUT2D eigenvalue weighted by Crippen LogP contribution is -2.30. The molecule has 0 bridgehead atoms. The third kappa shape index (κ3) is 5.54. The van der Waals surface area contributed by atoms with Crippen LogP contribution in [0.3, 0.4) is 0 Å². The molecule has 1 saturated heterocycles. The molecule has 0 radical (unpaired) electrons. The first-order valence-electron chi connectivity index (χ1n) is 8.74. The Hall–Kier alpha value is -1.55. The van der Waals surface area contributed by atoms with E-state index in [1.54, 1.807) is 0 Å². The Kier molecular flexibility index (Phi) is 6.90. The van der Waals surface area contributed by atoms with Crippen LogP contribution in [0.1, 0.15) is 50.4 Å². The highest BCUT2D eigenvalue weighted by molar-refractivity contribution is 5.94. The zero-order chi connectivity index (χ0) is 16.7. The molecule has 0 aliphatic carbocycles. The third-order valence-electron chi connectivity index (χ3n) is 4.03. The Labute approximate surface area is 139 Å². The van der Waals surface area contributed by atoms with Gasteiger partial charge in [-0.25, -0.2) is 0 Å². The van der Waals surface area contributed by atoms with E-state index in [0.717, 1.165) is 38.2 Å². The molecule has 1 fully saturated rings. The Morgan fingerprint density at radius 2 is 2.17 bits per heavy atom. The van der Waals surface area contributed by atoms with Gasteiger partial charge in [0.05, 0.1) is 12.7 Å². The van der Waals surface area contributed by atoms with Crippen molar-refractivity contribution in [2.45, 2.75) is 46.1 Å². The normalized spacial score (nSPS) is 17.7. The molecule has 4 nitrogen and oxygen atoms in total. The van der Waals surface area contributed by atoms with E-state index in [0.29, 0.717) is 24.6 Å². The van der Waals surface area contributed by atoms with Crippen LogP contribution in [0.5, 0.6) is 5.75 Å². The van der Waals surface area contributed by atoms with E-state index in [4.69, 9.17) is 9.47 Å². The molecule has 1 aliphatic heterocycles. The van der Waals surface area contributed by atoms with Gasteiger partial charge in [0.2, 0.25) is 0 Å². The number of benzene rings is 1. The highest BCUT2D eigenvalue weighted by Gasteiger charge is 2.27. The molecule has 1 atom stereocenters. The first-order chi connectivity index (χ1) is 11.1. The van der Waals surface area contributed by atoms with Crippen molar-refractivity contribution in [2.75, 3.05) is 26.3 Å². The van der Waals surface area contributed by atoms with Crippen molar-refractivity contribution in [3.05, 3.63) is 29.8 Å². The molecular weight excluding hydrogens is 290 g/mol. The quantitative estimate of drug-likeness (QED) is 0.732. The van der Waals surface area contributed by atoms with Crippen LogP contribution in [-0.2, 0) is 4.74 Å². The molecule has 1 aromatic rings. The number of nitrogens with zero attached hydrogens (tertiary/aromatic N) is 1. The van der Waals surface area contributed by atoms with Crippen LogP contribution in [0.15, 0.2) is 24.3 Å². The maximum atomic E-state index is 12.6. The van der Waals surface area contributed by atoms with Crippen LogP contribution >= 0.6 is 0 Å². The van der Waals surface area contributed by atoms with Crippen LogP contribution in [0.2, 0.25) is 0 Å². The molecule has 2 rings (SSSR count). The lowest BCUT2D eigenvalue weighted by molar-refractivity contribution is 0.0484. The number of carbonyl (C=O) groups is 1. The summed E-state index contributed by atoms with van der Waals surface area (Å²) in [5.41, 5.74) is 0.696. The van der Waals surface area contributed by atoms with E-state index in [2.05, 4.69) is 20.8 Å². The van der Waals surface area contributed by atoms with Gasteiger partial charge in [-0.05, 0) is 43.4 Å². The summed E-state index contributed by atoms with van der Waals surface area (Å²) in [7, 11) is 0. The van der Waals surface area contributed by atoms with Crippen molar-refractivity contribution in [1.29, 1.82) is 0 Å². The van der Waals surface area contributed by atoms with E-state index in [1.165, 1.54) is 0 Å². The van der Waals surface area contributed by atoms with Crippen molar-refractivity contribution < 1.29 is 14.3 Å². The highest BCUT2D eigenvalue weighted by atomic mass is 16.5. The molecule has 0 N–H and O–H groups in total. The van der Waals surface area contributed by atoms with E-state index >= 15 is 0 Å². The summed E-state index contributed by atoms with van der Waals surface area (Å²) >= 11 is 0. The molecule has 0 aromatic heterocycles. The number of likely N-dealkylation sites (tertiary alicyclic amines) is 1. The molecule has 0 spiro atoms. The minimum atomic E-state index is 0.0712. The number of hydrogen-bond acceptors (Lipinski definition) is 3. The van der Waals surface area contributed by atoms with Gasteiger partial charge in [0, 0.05) is 25.3 Å². The van der Waals surface area contributed by atoms with Crippen LogP contribution < -0.4 is 4.74 Å². The number of rotatable bonds is 8. The van der Waals surface area contributed by atoms with E-state index in [1.807, 2.05) is 29.2 Å². The average Bonchev–Trinajstić information content (AvgIpc) is 3.01. The molecule has 128 valence electrons. The molecular formula is C19H29NO3. The van der Waals surface area contributed by atoms with Crippen molar-refractivity contribution >= 4 is 5.91 Å². The van der Waals surface area contributed by atoms with Gasteiger partial charge in [0.15, 0.2) is 0 Å². The van der Waals surface area contributed by atoms with Gasteiger partial charge in [-0.15, -0.1) is 0 Å². The van der Waals surface area contributed by atoms with Crippen LogP contribution in [-0.4, -0.2) is 43.2 Å². The number of hydrogen-bond donors (Lipinski definition) is 0. The highest BCUT2D eigenvalue weighted by Crippen LogP contribution is 2.19. The number of carbonyl (C=O) groups excluding carboxylic acids is 1. The lowest BCUT2D eigenvalue weighted by atomic mass is 10.1. The summed E-state index contributed by atoms with van der Waals surface area (Å²) in [6, 6.07) is 7.47. The Bertz CT molecular complexity index is 501. The largest absolute Gasteiger partial charge is 0.494 e. The summed E-state index contributed by atoms with van der Waals surface area (Å²) in [6.45, 7) is 9.38. The maximum Gasteiger partial charge on any atom is 0.254 e. The third-order valence-corrected chi connectivity index (χ3v) is 4.03. The SMILES string of the molecule is CCCOc1cccc(C(=O)N2CCC(OCCC(C)C)C2)c1. The van der Waals surface area contributed by atoms with E-state index < -0.39 is 0 Å². The predicted octanol–water partition coefficient (Wildman–Crippen LogP) is 3.75. The Morgan fingerprint density at radius 1 is 1.35 bits per heavy atom. The van der Waals surface area contributed by atoms with E-state index in [9.17, 15) is 4.79 Å². The Balaban J connectivity index is 1.86. The Morgan fingerprint density at radius 3 is 2.91 bits per heavy atom. The minimum absolute atomic E-state index is 0.0712. The fourth-order valence-corrected chi connectivity index (χ4v) is 2.64. The fraction of sp³-hybridized carbons (Fsp3) is 0.632. The first kappa shape index (κ1) is 17.8. The number of amides is 1. The van der Waals surface area contributed by atoms with Crippen molar-refractivity contribution in [3.8, 4) is 5.75 Å². The molecule has 1 aromatic carbocycles. The molecule has 1 unspecified atom stereocenters. The van der Waals surface area contributed by atoms with Crippen LogP contribution in [0.25, 0.3) is 0 Å². The zero-order valence-corrected chi connectivity index (χ0v) is 14.6. The minimum Gasteiger partial charge on any atom is -0.494 e. The van der Waals surface area contributed by atoms with E-state index in [-0.39, 0.29) is 12.0 Å². The smallest absolute Gasteiger partial charge is 0.254 e. The fourth-order valence-electron chi connectivity index (χ4n) is 2.64. The zero-order valence-electron chi connectivity index (χ0n) is 14.6. The second-order valence-corrected chi connectivity index (χ2v) is 6.59. The van der Waals surface area contributed by atoms with Gasteiger partial charge in [-0.1, -0.05) is 26.8 Å². The first-order valence-corrected chi connectivity index (χ1v) is 8.74. The molecule has 0 saturated carbocycles. The van der Waals surface area contributed by atoms with Gasteiger partial charge in [-0.3, -0.25) is 4.79 Å². The second-order valence-electron chi connectivity index (χ2n) is 6.59. The monoisotopic (exact) mass is 319 g/mol. The van der Waals surface area contributed by atoms with Crippen LogP contribution in [0, 0.1) is 5.92 Å². The topological polar surface area (TPSA) is 38.8 Å². The summed E-state index contributed by atoms with van der Waals surface area (Å²) in [5.74, 6) is 1.49. The maximum absolute atomic E-state index is 12.6. The van der Waals surface area contributed by atoms with Crippen LogP contribution in [0.4, 0.5) is 0 Å². The van der Waals surface area contributed by atoms with Gasteiger partial charge < -0.3 is 14.4 Å². The van der Waals surface area contributed by atoms with Gasteiger partial charge in [0.1, 0.15) is 5.75 Å². The van der Waals surface area contributed by atoms with Crippen molar-refractivity contribution in [3.63, 3.8) is 0 Å². The van der Waals surface area contributed by atoms with Gasteiger partial charge in [0.25, 0.3) is 5.91 Å². The summed E-state index contributed by atoms with van der Waals surface area (Å²) in [5, 5.41) is 0. The summed E-state index contributed by atoms with van der Waals surface area (Å²) in [6.07, 6.45) is 3.13. The molecule has 1 amide bonds. The molecule has 1 heterocycles. The molecule has 1 aliphatic rings. The van der Waals surface area contributed by atoms with Gasteiger partial charge in [-0.2, -0.15) is 0 Å². The second kappa shape index (κ2) is 8.92. The number of ether oxygens (including phenoxy) is 2. The lowest BCUT2D eigenvalue weighted by Gasteiger charge is -2.17. The predicted molar refractivity (Wildman–Crippen MR) is 91.9 cm³/mol. The molecule has 23 heavy (non-hydrogen) atoms. The van der Waals surface area contributed by atoms with Crippen molar-refractivity contribution in [1.82, 2.24) is 4.90 Å². The molecule has 4 heteroatoms. The summed E-state index contributed by atoms with van der Waals surface area (Å²) in [4.78, 5) is 14.5.